The fourth-order valence-electron chi connectivity index (χ4n) is 4.44. The summed E-state index contributed by atoms with van der Waals surface area (Å²) in [6.45, 7) is 4.28. The largest absolute Gasteiger partial charge is 0.213 e. The Morgan fingerprint density at radius 2 is 1.69 bits per heavy atom. The first-order valence-electron chi connectivity index (χ1n) is 9.74. The lowest BCUT2D eigenvalue weighted by atomic mass is 9.83. The van der Waals surface area contributed by atoms with Crippen LogP contribution in [0.4, 0.5) is 4.39 Å². The van der Waals surface area contributed by atoms with E-state index in [1.165, 1.54) is 41.6 Å². The van der Waals surface area contributed by atoms with Gasteiger partial charge in [-0.1, -0.05) is 37.0 Å². The standard InChI is InChI=1S/C24H27FN/c1-16-9-10-17(2)20(13-16)23-12-11-19-14-22(25)21(15-24(19)26(23)3)18-7-5-4-6-8-18/h9-15,18H,4-8H2,1-3H3/q+1. The van der Waals surface area contributed by atoms with E-state index < -0.39 is 0 Å². The summed E-state index contributed by atoms with van der Waals surface area (Å²) in [5.41, 5.74) is 6.97. The minimum Gasteiger partial charge on any atom is -0.207 e. The van der Waals surface area contributed by atoms with Gasteiger partial charge in [-0.2, -0.15) is 4.57 Å². The van der Waals surface area contributed by atoms with Crippen LogP contribution in [0, 0.1) is 19.7 Å². The Bertz CT molecular complexity index is 968. The number of aryl methyl sites for hydroxylation is 3. The molecule has 0 atom stereocenters. The molecule has 1 fully saturated rings. The van der Waals surface area contributed by atoms with Crippen molar-refractivity contribution in [2.24, 2.45) is 7.05 Å². The van der Waals surface area contributed by atoms with Gasteiger partial charge in [0, 0.05) is 23.1 Å². The Labute approximate surface area is 155 Å². The van der Waals surface area contributed by atoms with E-state index in [2.05, 4.69) is 61.9 Å². The van der Waals surface area contributed by atoms with Crippen LogP contribution in [-0.2, 0) is 7.05 Å². The van der Waals surface area contributed by atoms with E-state index in [1.807, 2.05) is 0 Å². The number of aromatic nitrogens is 1. The number of hydrogen-bond acceptors (Lipinski definition) is 0. The molecule has 1 aliphatic rings. The Kier molecular flexibility index (Phi) is 4.52. The van der Waals surface area contributed by atoms with Gasteiger partial charge >= 0.3 is 0 Å². The number of hydrogen-bond donors (Lipinski definition) is 0. The monoisotopic (exact) mass is 348 g/mol. The van der Waals surface area contributed by atoms with Gasteiger partial charge in [-0.25, -0.2) is 4.39 Å². The molecule has 0 bridgehead atoms. The summed E-state index contributed by atoms with van der Waals surface area (Å²) in [5.74, 6) is 0.335. The average Bonchev–Trinajstić information content (AvgIpc) is 2.65. The summed E-state index contributed by atoms with van der Waals surface area (Å²) in [6.07, 6.45) is 5.95. The molecule has 0 amide bonds. The van der Waals surface area contributed by atoms with Crippen LogP contribution in [0.3, 0.4) is 0 Å². The fraction of sp³-hybridized carbons (Fsp3) is 0.375. The second-order valence-electron chi connectivity index (χ2n) is 7.86. The summed E-state index contributed by atoms with van der Waals surface area (Å²) in [6, 6.07) is 14.6. The number of nitrogens with zero attached hydrogens (tertiary/aromatic N) is 1. The van der Waals surface area contributed by atoms with Crippen LogP contribution in [0.25, 0.3) is 22.2 Å². The third-order valence-electron chi connectivity index (χ3n) is 6.00. The molecule has 1 nitrogen and oxygen atoms in total. The molecule has 0 aliphatic heterocycles. The van der Waals surface area contributed by atoms with Crippen molar-refractivity contribution in [2.75, 3.05) is 0 Å². The molecular formula is C24H27FN+. The second kappa shape index (κ2) is 6.83. The predicted octanol–water partition coefficient (Wildman–Crippen LogP) is 6.13. The summed E-state index contributed by atoms with van der Waals surface area (Å²) in [5, 5.41) is 0.971. The lowest BCUT2D eigenvalue weighted by Gasteiger charge is -2.22. The molecule has 1 aliphatic carbocycles. The zero-order valence-corrected chi connectivity index (χ0v) is 16.0. The highest BCUT2D eigenvalue weighted by atomic mass is 19.1. The molecule has 4 rings (SSSR count). The maximum atomic E-state index is 14.8. The highest BCUT2D eigenvalue weighted by molar-refractivity contribution is 5.79. The van der Waals surface area contributed by atoms with Crippen LogP contribution < -0.4 is 4.57 Å². The van der Waals surface area contributed by atoms with Crippen molar-refractivity contribution in [1.29, 1.82) is 0 Å². The van der Waals surface area contributed by atoms with Crippen LogP contribution in [-0.4, -0.2) is 0 Å². The lowest BCUT2D eigenvalue weighted by Crippen LogP contribution is -2.32. The van der Waals surface area contributed by atoms with E-state index in [0.717, 1.165) is 29.3 Å². The molecule has 0 saturated heterocycles. The lowest BCUT2D eigenvalue weighted by molar-refractivity contribution is -0.633. The molecule has 1 heterocycles. The number of fused-ring (bicyclic) bond motifs is 1. The minimum atomic E-state index is -0.0381. The van der Waals surface area contributed by atoms with Crippen LogP contribution in [0.15, 0.2) is 42.5 Å². The smallest absolute Gasteiger partial charge is 0.207 e. The number of benzene rings is 2. The van der Waals surface area contributed by atoms with Gasteiger partial charge in [0.25, 0.3) is 0 Å². The molecule has 0 N–H and O–H groups in total. The van der Waals surface area contributed by atoms with Gasteiger partial charge in [-0.05, 0) is 61.9 Å². The fourth-order valence-corrected chi connectivity index (χ4v) is 4.44. The van der Waals surface area contributed by atoms with Gasteiger partial charge in [0.1, 0.15) is 12.9 Å². The van der Waals surface area contributed by atoms with Gasteiger partial charge in [0.2, 0.25) is 11.2 Å². The van der Waals surface area contributed by atoms with E-state index >= 15 is 0 Å². The third-order valence-corrected chi connectivity index (χ3v) is 6.00. The van der Waals surface area contributed by atoms with Gasteiger partial charge in [0.05, 0.1) is 0 Å². The van der Waals surface area contributed by atoms with Gasteiger partial charge in [-0.15, -0.1) is 0 Å². The Morgan fingerprint density at radius 3 is 2.46 bits per heavy atom. The van der Waals surface area contributed by atoms with Gasteiger partial charge in [0.15, 0.2) is 0 Å². The van der Waals surface area contributed by atoms with Crippen LogP contribution in [0.5, 0.6) is 0 Å². The van der Waals surface area contributed by atoms with E-state index in [4.69, 9.17) is 0 Å². The van der Waals surface area contributed by atoms with Crippen LogP contribution in [0.2, 0.25) is 0 Å². The minimum absolute atomic E-state index is 0.0381. The maximum absolute atomic E-state index is 14.8. The summed E-state index contributed by atoms with van der Waals surface area (Å²) in [4.78, 5) is 0. The van der Waals surface area contributed by atoms with Crippen molar-refractivity contribution < 1.29 is 8.96 Å². The quantitative estimate of drug-likeness (QED) is 0.490. The molecule has 3 aromatic rings. The van der Waals surface area contributed by atoms with Crippen LogP contribution in [0.1, 0.15) is 54.7 Å². The molecule has 2 heteroatoms. The first-order chi connectivity index (χ1) is 12.5. The van der Waals surface area contributed by atoms with Crippen molar-refractivity contribution in [3.8, 4) is 11.3 Å². The number of rotatable bonds is 2. The van der Waals surface area contributed by atoms with E-state index in [0.29, 0.717) is 5.92 Å². The van der Waals surface area contributed by atoms with Crippen molar-refractivity contribution >= 4 is 10.9 Å². The van der Waals surface area contributed by atoms with Crippen LogP contribution >= 0.6 is 0 Å². The molecule has 26 heavy (non-hydrogen) atoms. The highest BCUT2D eigenvalue weighted by Crippen LogP contribution is 2.35. The zero-order valence-electron chi connectivity index (χ0n) is 16.0. The average molecular weight is 348 g/mol. The molecule has 2 aromatic carbocycles. The number of halogens is 1. The predicted molar refractivity (Wildman–Crippen MR) is 106 cm³/mol. The first-order valence-corrected chi connectivity index (χ1v) is 9.74. The molecule has 0 spiro atoms. The molecule has 1 saturated carbocycles. The first kappa shape index (κ1) is 17.2. The normalized spacial score (nSPS) is 15.5. The third kappa shape index (κ3) is 3.02. The summed E-state index contributed by atoms with van der Waals surface area (Å²) in [7, 11) is 2.10. The zero-order chi connectivity index (χ0) is 18.3. The molecule has 0 radical (unpaired) electrons. The molecular weight excluding hydrogens is 321 g/mol. The summed E-state index contributed by atoms with van der Waals surface area (Å²) >= 11 is 0. The highest BCUT2D eigenvalue weighted by Gasteiger charge is 2.23. The topological polar surface area (TPSA) is 3.88 Å². The van der Waals surface area contributed by atoms with Gasteiger partial charge < -0.3 is 0 Å². The molecule has 1 aromatic heterocycles. The van der Waals surface area contributed by atoms with Crippen molar-refractivity contribution in [3.63, 3.8) is 0 Å². The van der Waals surface area contributed by atoms with E-state index in [1.54, 1.807) is 6.07 Å². The van der Waals surface area contributed by atoms with Gasteiger partial charge in [-0.3, -0.25) is 0 Å². The Balaban J connectivity index is 1.88. The van der Waals surface area contributed by atoms with Crippen molar-refractivity contribution in [1.82, 2.24) is 0 Å². The Morgan fingerprint density at radius 1 is 0.923 bits per heavy atom. The maximum Gasteiger partial charge on any atom is 0.213 e. The molecule has 0 unspecified atom stereocenters. The SMILES string of the molecule is Cc1ccc(C)c(-c2ccc3cc(F)c(C4CCCCC4)cc3[n+]2C)c1. The summed E-state index contributed by atoms with van der Waals surface area (Å²) < 4.78 is 17.0. The van der Waals surface area contributed by atoms with Crippen molar-refractivity contribution in [3.05, 3.63) is 65.0 Å². The molecule has 134 valence electrons. The van der Waals surface area contributed by atoms with E-state index in [-0.39, 0.29) is 5.82 Å². The second-order valence-corrected chi connectivity index (χ2v) is 7.86. The number of pyridine rings is 1. The Hall–Kier alpha value is -2.22. The van der Waals surface area contributed by atoms with E-state index in [9.17, 15) is 4.39 Å². The van der Waals surface area contributed by atoms with Crippen molar-refractivity contribution in [2.45, 2.75) is 51.9 Å².